The van der Waals surface area contributed by atoms with Gasteiger partial charge in [0, 0.05) is 49.2 Å². The Labute approximate surface area is 126 Å². The second-order valence-corrected chi connectivity index (χ2v) is 5.41. The van der Waals surface area contributed by atoms with E-state index in [2.05, 4.69) is 33.8 Å². The summed E-state index contributed by atoms with van der Waals surface area (Å²) >= 11 is 0. The average Bonchev–Trinajstić information content (AvgIpc) is 2.56. The number of nitrogen functional groups attached to an aromatic ring is 1. The molecule has 0 spiro atoms. The minimum absolute atomic E-state index is 0.795. The number of rotatable bonds is 3. The maximum Gasteiger partial charge on any atom is 0.128 e. The molecule has 0 atom stereocenters. The van der Waals surface area contributed by atoms with Gasteiger partial charge in [-0.2, -0.15) is 0 Å². The van der Waals surface area contributed by atoms with Crippen LogP contribution in [0.4, 0.5) is 11.5 Å². The maximum absolute atomic E-state index is 6.02. The number of pyridine rings is 1. The summed E-state index contributed by atoms with van der Waals surface area (Å²) in [5, 5.41) is 0. The number of nitrogens with zero attached hydrogens (tertiary/aromatic N) is 3. The average molecular weight is 282 g/mol. The molecule has 1 aliphatic rings. The number of likely N-dealkylation sites (N-methyl/N-ethyl adjacent to an activating group) is 1. The van der Waals surface area contributed by atoms with Gasteiger partial charge in [0.1, 0.15) is 5.82 Å². The van der Waals surface area contributed by atoms with Gasteiger partial charge in [0.25, 0.3) is 0 Å². The molecule has 1 saturated heterocycles. The van der Waals surface area contributed by atoms with Gasteiger partial charge < -0.3 is 15.5 Å². The zero-order valence-corrected chi connectivity index (χ0v) is 12.5. The second kappa shape index (κ2) is 6.14. The van der Waals surface area contributed by atoms with E-state index in [0.29, 0.717) is 0 Å². The van der Waals surface area contributed by atoms with Gasteiger partial charge in [-0.15, -0.1) is 0 Å². The van der Waals surface area contributed by atoms with Crippen molar-refractivity contribution in [2.45, 2.75) is 6.92 Å². The highest BCUT2D eigenvalue weighted by Crippen LogP contribution is 2.26. The van der Waals surface area contributed by atoms with E-state index < -0.39 is 0 Å². The standard InChI is InChI=1S/C17H22N4/c1-2-20-9-11-21(12-10-20)17-8-7-14(13-19-17)15-5-3-4-6-16(15)18/h3-8,13H,2,9-12,18H2,1H3. The Hall–Kier alpha value is -2.07. The first-order chi connectivity index (χ1) is 10.3. The summed E-state index contributed by atoms with van der Waals surface area (Å²) < 4.78 is 0. The number of anilines is 2. The summed E-state index contributed by atoms with van der Waals surface area (Å²) in [5.74, 6) is 1.06. The molecule has 0 saturated carbocycles. The molecule has 1 aromatic heterocycles. The lowest BCUT2D eigenvalue weighted by Gasteiger charge is -2.34. The number of benzene rings is 1. The fraction of sp³-hybridized carbons (Fsp3) is 0.353. The van der Waals surface area contributed by atoms with E-state index in [0.717, 1.165) is 55.4 Å². The molecule has 0 amide bonds. The Kier molecular flexibility index (Phi) is 4.06. The summed E-state index contributed by atoms with van der Waals surface area (Å²) in [6, 6.07) is 12.1. The predicted octanol–water partition coefficient (Wildman–Crippen LogP) is 2.47. The molecular weight excluding hydrogens is 260 g/mol. The van der Waals surface area contributed by atoms with Crippen LogP contribution in [-0.4, -0.2) is 42.6 Å². The number of hydrogen-bond acceptors (Lipinski definition) is 4. The van der Waals surface area contributed by atoms with Crippen molar-refractivity contribution in [2.24, 2.45) is 0 Å². The van der Waals surface area contributed by atoms with E-state index >= 15 is 0 Å². The lowest BCUT2D eigenvalue weighted by molar-refractivity contribution is 0.270. The van der Waals surface area contributed by atoms with Crippen molar-refractivity contribution in [3.05, 3.63) is 42.6 Å². The molecule has 0 aliphatic carbocycles. The number of aromatic nitrogens is 1. The smallest absolute Gasteiger partial charge is 0.128 e. The van der Waals surface area contributed by atoms with Gasteiger partial charge in [-0.25, -0.2) is 4.98 Å². The highest BCUT2D eigenvalue weighted by atomic mass is 15.3. The lowest BCUT2D eigenvalue weighted by atomic mass is 10.1. The first-order valence-electron chi connectivity index (χ1n) is 7.56. The normalized spacial score (nSPS) is 16.1. The zero-order valence-electron chi connectivity index (χ0n) is 12.5. The minimum atomic E-state index is 0.795. The fourth-order valence-corrected chi connectivity index (χ4v) is 2.79. The van der Waals surface area contributed by atoms with Crippen molar-refractivity contribution in [2.75, 3.05) is 43.4 Å². The van der Waals surface area contributed by atoms with E-state index in [1.807, 2.05) is 30.5 Å². The molecule has 2 N–H and O–H groups in total. The van der Waals surface area contributed by atoms with E-state index in [1.54, 1.807) is 0 Å². The molecule has 1 aliphatic heterocycles. The summed E-state index contributed by atoms with van der Waals surface area (Å²) in [7, 11) is 0. The van der Waals surface area contributed by atoms with Gasteiger partial charge in [-0.1, -0.05) is 25.1 Å². The van der Waals surface area contributed by atoms with E-state index in [9.17, 15) is 0 Å². The van der Waals surface area contributed by atoms with Crippen molar-refractivity contribution in [1.82, 2.24) is 9.88 Å². The predicted molar refractivity (Wildman–Crippen MR) is 88.4 cm³/mol. The zero-order chi connectivity index (χ0) is 14.7. The third kappa shape index (κ3) is 3.00. The Balaban J connectivity index is 1.74. The Morgan fingerprint density at radius 3 is 2.43 bits per heavy atom. The molecule has 0 radical (unpaired) electrons. The number of piperazine rings is 1. The van der Waals surface area contributed by atoms with Crippen LogP contribution in [0.1, 0.15) is 6.92 Å². The number of nitrogens with two attached hydrogens (primary N) is 1. The van der Waals surface area contributed by atoms with Crippen molar-refractivity contribution < 1.29 is 0 Å². The third-order valence-corrected chi connectivity index (χ3v) is 4.16. The maximum atomic E-state index is 6.02. The summed E-state index contributed by atoms with van der Waals surface area (Å²) in [6.45, 7) is 7.68. The fourth-order valence-electron chi connectivity index (χ4n) is 2.79. The van der Waals surface area contributed by atoms with Crippen LogP contribution < -0.4 is 10.6 Å². The number of para-hydroxylation sites is 1. The molecule has 1 fully saturated rings. The van der Waals surface area contributed by atoms with Gasteiger partial charge in [0.2, 0.25) is 0 Å². The quantitative estimate of drug-likeness (QED) is 0.879. The van der Waals surface area contributed by atoms with Crippen molar-refractivity contribution in [1.29, 1.82) is 0 Å². The van der Waals surface area contributed by atoms with Crippen LogP contribution in [0.5, 0.6) is 0 Å². The number of hydrogen-bond donors (Lipinski definition) is 1. The topological polar surface area (TPSA) is 45.4 Å². The second-order valence-electron chi connectivity index (χ2n) is 5.41. The van der Waals surface area contributed by atoms with E-state index in [1.165, 1.54) is 0 Å². The van der Waals surface area contributed by atoms with Crippen LogP contribution in [0.3, 0.4) is 0 Å². The highest BCUT2D eigenvalue weighted by molar-refractivity contribution is 5.76. The van der Waals surface area contributed by atoms with Gasteiger partial charge in [0.05, 0.1) is 0 Å². The molecule has 4 heteroatoms. The van der Waals surface area contributed by atoms with Gasteiger partial charge in [-0.3, -0.25) is 0 Å². The minimum Gasteiger partial charge on any atom is -0.398 e. The first kappa shape index (κ1) is 13.9. The molecule has 3 rings (SSSR count). The van der Waals surface area contributed by atoms with Crippen LogP contribution in [0.25, 0.3) is 11.1 Å². The molecule has 0 unspecified atom stereocenters. The third-order valence-electron chi connectivity index (χ3n) is 4.16. The summed E-state index contributed by atoms with van der Waals surface area (Å²) in [5.41, 5.74) is 8.94. The van der Waals surface area contributed by atoms with Crippen molar-refractivity contribution in [3.8, 4) is 11.1 Å². The first-order valence-corrected chi connectivity index (χ1v) is 7.56. The summed E-state index contributed by atoms with van der Waals surface area (Å²) in [6.07, 6.45) is 1.92. The van der Waals surface area contributed by atoms with Crippen LogP contribution in [0.2, 0.25) is 0 Å². The Morgan fingerprint density at radius 1 is 1.05 bits per heavy atom. The molecular formula is C17H22N4. The van der Waals surface area contributed by atoms with Crippen molar-refractivity contribution >= 4 is 11.5 Å². The summed E-state index contributed by atoms with van der Waals surface area (Å²) in [4.78, 5) is 9.44. The van der Waals surface area contributed by atoms with Crippen molar-refractivity contribution in [3.63, 3.8) is 0 Å². The van der Waals surface area contributed by atoms with E-state index in [4.69, 9.17) is 5.73 Å². The lowest BCUT2D eigenvalue weighted by Crippen LogP contribution is -2.46. The van der Waals surface area contributed by atoms with Crippen LogP contribution in [-0.2, 0) is 0 Å². The molecule has 110 valence electrons. The highest BCUT2D eigenvalue weighted by Gasteiger charge is 2.16. The molecule has 1 aromatic carbocycles. The van der Waals surface area contributed by atoms with Gasteiger partial charge in [-0.05, 0) is 24.7 Å². The molecule has 2 heterocycles. The van der Waals surface area contributed by atoms with E-state index in [-0.39, 0.29) is 0 Å². The SMILES string of the molecule is CCN1CCN(c2ccc(-c3ccccc3N)cn2)CC1. The Bertz CT molecular complexity index is 586. The molecule has 2 aromatic rings. The van der Waals surface area contributed by atoms with Crippen LogP contribution in [0.15, 0.2) is 42.6 Å². The monoisotopic (exact) mass is 282 g/mol. The molecule has 0 bridgehead atoms. The van der Waals surface area contributed by atoms with Gasteiger partial charge >= 0.3 is 0 Å². The Morgan fingerprint density at radius 2 is 1.81 bits per heavy atom. The van der Waals surface area contributed by atoms with Crippen LogP contribution >= 0.6 is 0 Å². The van der Waals surface area contributed by atoms with Crippen LogP contribution in [0, 0.1) is 0 Å². The molecule has 4 nitrogen and oxygen atoms in total. The largest absolute Gasteiger partial charge is 0.398 e. The van der Waals surface area contributed by atoms with Gasteiger partial charge in [0.15, 0.2) is 0 Å². The molecule has 21 heavy (non-hydrogen) atoms.